The van der Waals surface area contributed by atoms with Crippen molar-refractivity contribution in [2.45, 2.75) is 297 Å². The van der Waals surface area contributed by atoms with Crippen molar-refractivity contribution in [1.29, 1.82) is 0 Å². The van der Waals surface area contributed by atoms with Gasteiger partial charge in [0.2, 0.25) is 0 Å². The average Bonchev–Trinajstić information content (AvgIpc) is 3.49. The highest BCUT2D eigenvalue weighted by Gasteiger charge is 2.19. The molecule has 0 spiro atoms. The lowest BCUT2D eigenvalue weighted by atomic mass is 10.0. The van der Waals surface area contributed by atoms with Crippen LogP contribution in [-0.2, 0) is 28.6 Å². The molecule has 6 heteroatoms. The third-order valence-electron chi connectivity index (χ3n) is 14.0. The molecule has 0 rings (SSSR count). The van der Waals surface area contributed by atoms with Crippen molar-refractivity contribution in [1.82, 2.24) is 0 Å². The first-order chi connectivity index (χ1) is 41.0. The van der Waals surface area contributed by atoms with Gasteiger partial charge in [-0.15, -0.1) is 0 Å². The van der Waals surface area contributed by atoms with Crippen LogP contribution in [0.2, 0.25) is 0 Å². The van der Waals surface area contributed by atoms with E-state index in [9.17, 15) is 14.4 Å². The van der Waals surface area contributed by atoms with Gasteiger partial charge in [0.05, 0.1) is 6.42 Å². The van der Waals surface area contributed by atoms with Crippen LogP contribution in [0.3, 0.4) is 0 Å². The van der Waals surface area contributed by atoms with E-state index in [2.05, 4.69) is 167 Å². The van der Waals surface area contributed by atoms with Gasteiger partial charge in [-0.2, -0.15) is 0 Å². The Hall–Kier alpha value is -4.97. The van der Waals surface area contributed by atoms with Crippen LogP contribution >= 0.6 is 0 Å². The molecule has 468 valence electrons. The Bertz CT molecular complexity index is 1840. The van der Waals surface area contributed by atoms with Crippen molar-refractivity contribution in [3.8, 4) is 0 Å². The van der Waals surface area contributed by atoms with E-state index in [0.29, 0.717) is 6.42 Å². The summed E-state index contributed by atoms with van der Waals surface area (Å²) in [4.78, 5) is 38.3. The van der Waals surface area contributed by atoms with Gasteiger partial charge < -0.3 is 14.2 Å². The van der Waals surface area contributed by atoms with Gasteiger partial charge in [0.25, 0.3) is 0 Å². The van der Waals surface area contributed by atoms with Gasteiger partial charge >= 0.3 is 17.9 Å². The van der Waals surface area contributed by atoms with Crippen LogP contribution in [0.1, 0.15) is 290 Å². The number of esters is 3. The van der Waals surface area contributed by atoms with Gasteiger partial charge in [-0.25, -0.2) is 0 Å². The Labute approximate surface area is 511 Å². The predicted molar refractivity (Wildman–Crippen MR) is 362 cm³/mol. The molecule has 0 saturated carbocycles. The number of rotatable bonds is 60. The number of carbonyl (C=O) groups is 3. The Morgan fingerprint density at radius 2 is 0.518 bits per heavy atom. The van der Waals surface area contributed by atoms with Crippen LogP contribution < -0.4 is 0 Å². The molecular weight excluding hydrogens is 1020 g/mol. The van der Waals surface area contributed by atoms with E-state index >= 15 is 0 Å². The summed E-state index contributed by atoms with van der Waals surface area (Å²) in [6, 6.07) is 0. The van der Waals surface area contributed by atoms with Crippen molar-refractivity contribution >= 4 is 17.9 Å². The van der Waals surface area contributed by atoms with Crippen LogP contribution in [0.4, 0.5) is 0 Å². The highest BCUT2D eigenvalue weighted by atomic mass is 16.6. The lowest BCUT2D eigenvalue weighted by Crippen LogP contribution is -2.30. The van der Waals surface area contributed by atoms with Crippen LogP contribution in [0, 0.1) is 0 Å². The number of hydrogen-bond acceptors (Lipinski definition) is 6. The van der Waals surface area contributed by atoms with Crippen LogP contribution in [-0.4, -0.2) is 37.2 Å². The van der Waals surface area contributed by atoms with Gasteiger partial charge in [-0.3, -0.25) is 14.4 Å². The van der Waals surface area contributed by atoms with Crippen molar-refractivity contribution in [3.05, 3.63) is 158 Å². The molecule has 0 radical (unpaired) electrons. The van der Waals surface area contributed by atoms with E-state index in [-0.39, 0.29) is 38.0 Å². The summed E-state index contributed by atoms with van der Waals surface area (Å²) in [5, 5.41) is 0. The summed E-state index contributed by atoms with van der Waals surface area (Å²) in [5.41, 5.74) is 0. The molecule has 0 aromatic heterocycles. The number of ether oxygens (including phenoxy) is 3. The van der Waals surface area contributed by atoms with E-state index < -0.39 is 12.1 Å². The largest absolute Gasteiger partial charge is 0.462 e. The maximum absolute atomic E-state index is 12.9. The zero-order valence-corrected chi connectivity index (χ0v) is 53.7. The highest BCUT2D eigenvalue weighted by Crippen LogP contribution is 2.16. The second-order valence-corrected chi connectivity index (χ2v) is 22.0. The number of carbonyl (C=O) groups excluding carboxylic acids is 3. The minimum atomic E-state index is -0.833. The Balaban J connectivity index is 4.36. The molecule has 0 heterocycles. The molecule has 0 aliphatic heterocycles. The van der Waals surface area contributed by atoms with Gasteiger partial charge in [0.15, 0.2) is 6.10 Å². The standard InChI is InChI=1S/C77H124O6/c1-4-7-10-13-16-19-22-25-28-30-32-33-34-35-36-37-38-39-40-41-42-43-45-46-49-52-55-58-61-64-67-70-76(79)82-73-74(72-81-75(78)69-66-63-60-57-54-51-48-27-24-21-18-15-12-9-6-3)83-77(80)71-68-65-62-59-56-53-50-47-44-31-29-26-23-20-17-14-11-8-5-2/h7,9-10,12,16-21,25-29,32-33,35-36,44,47-48,54,57,63,66,74H,4-6,8,11,13-15,22-24,30-31,34,37-43,45-46,49-53,55-56,58-62,64-65,67-73H2,1-3H3/b10-7-,12-9-,19-16-,20-17-,21-18-,28-25-,29-26-,33-32-,36-35-,47-44-,48-27-,57-54-,66-63-. The molecule has 0 bridgehead atoms. The van der Waals surface area contributed by atoms with E-state index in [1.807, 2.05) is 6.08 Å². The van der Waals surface area contributed by atoms with Crippen molar-refractivity contribution in [3.63, 3.8) is 0 Å². The van der Waals surface area contributed by atoms with Crippen LogP contribution in [0.15, 0.2) is 158 Å². The van der Waals surface area contributed by atoms with E-state index in [4.69, 9.17) is 14.2 Å². The molecule has 0 N–H and O–H groups in total. The fourth-order valence-corrected chi connectivity index (χ4v) is 9.02. The first-order valence-corrected chi connectivity index (χ1v) is 34.0. The maximum Gasteiger partial charge on any atom is 0.309 e. The molecule has 0 aromatic carbocycles. The van der Waals surface area contributed by atoms with Gasteiger partial charge in [-0.1, -0.05) is 301 Å². The topological polar surface area (TPSA) is 78.9 Å². The fraction of sp³-hybridized carbons (Fsp3) is 0.623. The fourth-order valence-electron chi connectivity index (χ4n) is 9.02. The Morgan fingerprint density at radius 3 is 0.843 bits per heavy atom. The van der Waals surface area contributed by atoms with Crippen molar-refractivity contribution < 1.29 is 28.6 Å². The molecule has 0 amide bonds. The SMILES string of the molecule is CC/C=C\C/C=C\C/C=C\C/C=C\C/C=C\CCCCCCCCCCCCCCCCCC(=O)OCC(COC(=O)C/C=C\C/C=C\C/C=C\C/C=C\C/C=C\CC)OC(=O)CCCCCCCC/C=C\C/C=C\C/C=C\CCCCC. The maximum atomic E-state index is 12.9. The summed E-state index contributed by atoms with van der Waals surface area (Å²) in [6.45, 7) is 6.29. The van der Waals surface area contributed by atoms with E-state index in [1.54, 1.807) is 6.08 Å². The monoisotopic (exact) mass is 1140 g/mol. The molecule has 6 nitrogen and oxygen atoms in total. The predicted octanol–water partition coefficient (Wildman–Crippen LogP) is 23.7. The Morgan fingerprint density at radius 1 is 0.265 bits per heavy atom. The second-order valence-electron chi connectivity index (χ2n) is 22.0. The summed E-state index contributed by atoms with van der Waals surface area (Å²) < 4.78 is 16.8. The molecule has 0 saturated heterocycles. The third kappa shape index (κ3) is 67.7. The first kappa shape index (κ1) is 78.0. The van der Waals surface area contributed by atoms with E-state index in [1.165, 1.54) is 122 Å². The Kier molecular flexibility index (Phi) is 65.4. The minimum Gasteiger partial charge on any atom is -0.462 e. The van der Waals surface area contributed by atoms with Crippen LogP contribution in [0.5, 0.6) is 0 Å². The molecule has 0 aromatic rings. The molecule has 0 fully saturated rings. The van der Waals surface area contributed by atoms with Gasteiger partial charge in [0.1, 0.15) is 13.2 Å². The normalized spacial score (nSPS) is 13.1. The lowest BCUT2D eigenvalue weighted by Gasteiger charge is -2.18. The molecule has 0 aliphatic carbocycles. The lowest BCUT2D eigenvalue weighted by molar-refractivity contribution is -0.166. The van der Waals surface area contributed by atoms with Crippen molar-refractivity contribution in [2.24, 2.45) is 0 Å². The quantitative estimate of drug-likeness (QED) is 0.0261. The molecule has 1 unspecified atom stereocenters. The second kappa shape index (κ2) is 69.5. The summed E-state index contributed by atoms with van der Waals surface area (Å²) >= 11 is 0. The number of allylic oxidation sites excluding steroid dienone is 25. The third-order valence-corrected chi connectivity index (χ3v) is 14.0. The van der Waals surface area contributed by atoms with Crippen LogP contribution in [0.25, 0.3) is 0 Å². The number of hydrogen-bond donors (Lipinski definition) is 0. The first-order valence-electron chi connectivity index (χ1n) is 34.0. The summed E-state index contributed by atoms with van der Waals surface area (Å²) in [7, 11) is 0. The molecule has 0 aliphatic rings. The zero-order chi connectivity index (χ0) is 59.9. The van der Waals surface area contributed by atoms with E-state index in [0.717, 1.165) is 128 Å². The van der Waals surface area contributed by atoms with Crippen molar-refractivity contribution in [2.75, 3.05) is 13.2 Å². The van der Waals surface area contributed by atoms with Gasteiger partial charge in [0, 0.05) is 12.8 Å². The highest BCUT2D eigenvalue weighted by molar-refractivity contribution is 5.72. The summed E-state index contributed by atoms with van der Waals surface area (Å²) in [5.74, 6) is -1.06. The minimum absolute atomic E-state index is 0.118. The molecule has 1 atom stereocenters. The molecular formula is C77H124O6. The zero-order valence-electron chi connectivity index (χ0n) is 53.7. The smallest absolute Gasteiger partial charge is 0.309 e. The summed E-state index contributed by atoms with van der Waals surface area (Å²) in [6.07, 6.45) is 101. The average molecular weight is 1150 g/mol. The molecule has 83 heavy (non-hydrogen) atoms. The van der Waals surface area contributed by atoms with Gasteiger partial charge in [-0.05, 0) is 128 Å². The number of unbranched alkanes of at least 4 members (excludes halogenated alkanes) is 24.